The standard InChI is InChI=1S/C19H17NO3/c1-14-7-6-8-15(13-14)18(19(21)22)23-17-10-3-2-9-16(17)20-11-4-5-12-20/h2-13,18H,1H3,(H,21,22). The van der Waals surface area contributed by atoms with E-state index >= 15 is 0 Å². The molecule has 3 aromatic rings. The van der Waals surface area contributed by atoms with Gasteiger partial charge >= 0.3 is 5.97 Å². The number of ether oxygens (including phenoxy) is 1. The topological polar surface area (TPSA) is 51.5 Å². The Hall–Kier alpha value is -3.01. The molecule has 1 N–H and O–H groups in total. The summed E-state index contributed by atoms with van der Waals surface area (Å²) in [5.74, 6) is -0.490. The van der Waals surface area contributed by atoms with Gasteiger partial charge in [-0.2, -0.15) is 0 Å². The highest BCUT2D eigenvalue weighted by molar-refractivity contribution is 5.75. The van der Waals surface area contributed by atoms with Crippen LogP contribution in [0.3, 0.4) is 0 Å². The van der Waals surface area contributed by atoms with Gasteiger partial charge in [-0.1, -0.05) is 42.0 Å². The first-order valence-corrected chi connectivity index (χ1v) is 7.33. The van der Waals surface area contributed by atoms with Crippen molar-refractivity contribution in [1.82, 2.24) is 4.57 Å². The molecule has 1 heterocycles. The highest BCUT2D eigenvalue weighted by Gasteiger charge is 2.23. The van der Waals surface area contributed by atoms with E-state index < -0.39 is 12.1 Å². The van der Waals surface area contributed by atoms with Crippen LogP contribution in [0, 0.1) is 6.92 Å². The third-order valence-corrected chi connectivity index (χ3v) is 3.56. The maximum Gasteiger partial charge on any atom is 0.349 e. The molecule has 4 heteroatoms. The van der Waals surface area contributed by atoms with Crippen LogP contribution in [0.2, 0.25) is 0 Å². The van der Waals surface area contributed by atoms with Crippen LogP contribution in [0.25, 0.3) is 5.69 Å². The molecule has 1 atom stereocenters. The number of aromatic nitrogens is 1. The van der Waals surface area contributed by atoms with Crippen molar-refractivity contribution in [3.63, 3.8) is 0 Å². The Bertz CT molecular complexity index is 809. The van der Waals surface area contributed by atoms with Crippen molar-refractivity contribution in [2.45, 2.75) is 13.0 Å². The fraction of sp³-hybridized carbons (Fsp3) is 0.105. The van der Waals surface area contributed by atoms with Gasteiger partial charge in [-0.15, -0.1) is 0 Å². The molecule has 0 saturated heterocycles. The zero-order chi connectivity index (χ0) is 16.2. The van der Waals surface area contributed by atoms with E-state index in [4.69, 9.17) is 4.74 Å². The number of nitrogens with zero attached hydrogens (tertiary/aromatic N) is 1. The number of carboxylic acids is 1. The quantitative estimate of drug-likeness (QED) is 0.775. The van der Waals surface area contributed by atoms with E-state index in [9.17, 15) is 9.90 Å². The first kappa shape index (κ1) is 14.9. The number of rotatable bonds is 5. The van der Waals surface area contributed by atoms with Gasteiger partial charge in [0.05, 0.1) is 5.69 Å². The number of carbonyl (C=O) groups is 1. The van der Waals surface area contributed by atoms with Crippen molar-refractivity contribution >= 4 is 5.97 Å². The van der Waals surface area contributed by atoms with Crippen molar-refractivity contribution in [3.8, 4) is 11.4 Å². The summed E-state index contributed by atoms with van der Waals surface area (Å²) in [4.78, 5) is 11.7. The molecule has 0 bridgehead atoms. The second-order valence-electron chi connectivity index (χ2n) is 5.31. The first-order chi connectivity index (χ1) is 11.1. The van der Waals surface area contributed by atoms with Crippen LogP contribution in [-0.4, -0.2) is 15.6 Å². The largest absolute Gasteiger partial charge is 0.478 e. The predicted octanol–water partition coefficient (Wildman–Crippen LogP) is 3.99. The van der Waals surface area contributed by atoms with E-state index in [0.29, 0.717) is 11.3 Å². The third-order valence-electron chi connectivity index (χ3n) is 3.56. The summed E-state index contributed by atoms with van der Waals surface area (Å²) in [6.45, 7) is 1.93. The summed E-state index contributed by atoms with van der Waals surface area (Å²) < 4.78 is 7.74. The van der Waals surface area contributed by atoms with Gasteiger partial charge in [-0.3, -0.25) is 0 Å². The van der Waals surface area contributed by atoms with Gasteiger partial charge in [0.25, 0.3) is 0 Å². The molecule has 1 unspecified atom stereocenters. The molecule has 0 aliphatic carbocycles. The molecule has 4 nitrogen and oxygen atoms in total. The number of carboxylic acid groups (broad SMARTS) is 1. The Morgan fingerprint density at radius 2 is 1.78 bits per heavy atom. The Morgan fingerprint density at radius 1 is 1.04 bits per heavy atom. The van der Waals surface area contributed by atoms with E-state index in [0.717, 1.165) is 11.3 Å². The second-order valence-corrected chi connectivity index (χ2v) is 5.31. The first-order valence-electron chi connectivity index (χ1n) is 7.33. The lowest BCUT2D eigenvalue weighted by Gasteiger charge is -2.18. The van der Waals surface area contributed by atoms with Gasteiger partial charge in [0.2, 0.25) is 6.10 Å². The predicted molar refractivity (Wildman–Crippen MR) is 88.0 cm³/mol. The van der Waals surface area contributed by atoms with E-state index in [1.165, 1.54) is 0 Å². The maximum atomic E-state index is 11.7. The Balaban J connectivity index is 1.98. The second kappa shape index (κ2) is 6.40. The number of benzene rings is 2. The Labute approximate surface area is 134 Å². The minimum atomic E-state index is -1.05. The minimum Gasteiger partial charge on any atom is -0.478 e. The van der Waals surface area contributed by atoms with Crippen LogP contribution in [0.5, 0.6) is 5.75 Å². The summed E-state index contributed by atoms with van der Waals surface area (Å²) in [5.41, 5.74) is 2.42. The third kappa shape index (κ3) is 3.26. The number of para-hydroxylation sites is 2. The van der Waals surface area contributed by atoms with Gasteiger partial charge < -0.3 is 14.4 Å². The fourth-order valence-electron chi connectivity index (χ4n) is 2.49. The highest BCUT2D eigenvalue weighted by Crippen LogP contribution is 2.28. The highest BCUT2D eigenvalue weighted by atomic mass is 16.5. The smallest absolute Gasteiger partial charge is 0.349 e. The SMILES string of the molecule is Cc1cccc(C(Oc2ccccc2-n2cccc2)C(=O)O)c1. The van der Waals surface area contributed by atoms with Crippen LogP contribution < -0.4 is 4.74 Å². The molecule has 0 saturated carbocycles. The molecule has 0 spiro atoms. The summed E-state index contributed by atoms with van der Waals surface area (Å²) in [5, 5.41) is 9.57. The maximum absolute atomic E-state index is 11.7. The molecule has 1 aromatic heterocycles. The molecule has 0 fully saturated rings. The average molecular weight is 307 g/mol. The van der Waals surface area contributed by atoms with E-state index in [-0.39, 0.29) is 0 Å². The van der Waals surface area contributed by atoms with Gasteiger partial charge in [0.1, 0.15) is 5.75 Å². The van der Waals surface area contributed by atoms with Crippen molar-refractivity contribution in [2.75, 3.05) is 0 Å². The normalized spacial score (nSPS) is 11.9. The lowest BCUT2D eigenvalue weighted by atomic mass is 10.1. The molecule has 2 aromatic carbocycles. The minimum absolute atomic E-state index is 0.526. The number of aliphatic carboxylic acids is 1. The number of hydrogen-bond donors (Lipinski definition) is 1. The molecular weight excluding hydrogens is 290 g/mol. The van der Waals surface area contributed by atoms with Crippen molar-refractivity contribution < 1.29 is 14.6 Å². The van der Waals surface area contributed by atoms with Crippen LogP contribution in [0.4, 0.5) is 0 Å². The van der Waals surface area contributed by atoms with E-state index in [2.05, 4.69) is 0 Å². The molecule has 0 radical (unpaired) electrons. The Kier molecular flexibility index (Phi) is 4.15. The molecule has 23 heavy (non-hydrogen) atoms. The summed E-state index contributed by atoms with van der Waals surface area (Å²) in [6.07, 6.45) is 2.74. The van der Waals surface area contributed by atoms with Crippen molar-refractivity contribution in [1.29, 1.82) is 0 Å². The lowest BCUT2D eigenvalue weighted by Crippen LogP contribution is -2.19. The molecule has 3 rings (SSSR count). The van der Waals surface area contributed by atoms with Crippen molar-refractivity contribution in [2.24, 2.45) is 0 Å². The fourth-order valence-corrected chi connectivity index (χ4v) is 2.49. The van der Waals surface area contributed by atoms with Crippen LogP contribution >= 0.6 is 0 Å². The molecular formula is C19H17NO3. The molecule has 0 aliphatic heterocycles. The Morgan fingerprint density at radius 3 is 2.48 bits per heavy atom. The van der Waals surface area contributed by atoms with E-state index in [1.807, 2.05) is 72.4 Å². The van der Waals surface area contributed by atoms with Crippen molar-refractivity contribution in [3.05, 3.63) is 84.2 Å². The summed E-state index contributed by atoms with van der Waals surface area (Å²) in [7, 11) is 0. The summed E-state index contributed by atoms with van der Waals surface area (Å²) >= 11 is 0. The van der Waals surface area contributed by atoms with Gasteiger partial charge in [0, 0.05) is 18.0 Å². The molecule has 0 aliphatic rings. The molecule has 116 valence electrons. The summed E-state index contributed by atoms with van der Waals surface area (Å²) in [6, 6.07) is 18.6. The number of hydrogen-bond acceptors (Lipinski definition) is 2. The molecule has 0 amide bonds. The van der Waals surface area contributed by atoms with E-state index in [1.54, 1.807) is 12.1 Å². The van der Waals surface area contributed by atoms with Crippen LogP contribution in [0.1, 0.15) is 17.2 Å². The average Bonchev–Trinajstić information content (AvgIpc) is 3.07. The zero-order valence-electron chi connectivity index (χ0n) is 12.7. The van der Waals surface area contributed by atoms with Crippen LogP contribution in [0.15, 0.2) is 73.1 Å². The van der Waals surface area contributed by atoms with Gasteiger partial charge in [0.15, 0.2) is 0 Å². The van der Waals surface area contributed by atoms with Crippen LogP contribution in [-0.2, 0) is 4.79 Å². The monoisotopic (exact) mass is 307 g/mol. The number of aryl methyl sites for hydroxylation is 1. The lowest BCUT2D eigenvalue weighted by molar-refractivity contribution is -0.145. The zero-order valence-corrected chi connectivity index (χ0v) is 12.7. The van der Waals surface area contributed by atoms with Gasteiger partial charge in [-0.25, -0.2) is 4.79 Å². The van der Waals surface area contributed by atoms with Gasteiger partial charge in [-0.05, 0) is 31.2 Å².